The van der Waals surface area contributed by atoms with Crippen molar-refractivity contribution in [2.75, 3.05) is 44.7 Å². The van der Waals surface area contributed by atoms with Gasteiger partial charge in [-0.1, -0.05) is 12.1 Å². The molecule has 3 rings (SSSR count). The second-order valence-electron chi connectivity index (χ2n) is 7.47. The zero-order chi connectivity index (χ0) is 21.3. The van der Waals surface area contributed by atoms with Gasteiger partial charge < -0.3 is 19.9 Å². The molecule has 0 aromatic heterocycles. The molecule has 2 amide bonds. The Hall–Kier alpha value is -3.12. The number of anilines is 1. The predicted molar refractivity (Wildman–Crippen MR) is 113 cm³/mol. The van der Waals surface area contributed by atoms with E-state index < -0.39 is 6.04 Å². The van der Waals surface area contributed by atoms with Crippen LogP contribution in [0.25, 0.3) is 0 Å². The second kappa shape index (κ2) is 10.6. The van der Waals surface area contributed by atoms with Crippen molar-refractivity contribution < 1.29 is 14.3 Å². The molecule has 160 valence electrons. The number of nitrogens with zero attached hydrogens (tertiary/aromatic N) is 4. The molecule has 2 N–H and O–H groups in total. The molecule has 2 heterocycles. The van der Waals surface area contributed by atoms with Crippen LogP contribution >= 0.6 is 0 Å². The molecule has 0 aliphatic carbocycles. The van der Waals surface area contributed by atoms with Gasteiger partial charge >= 0.3 is 0 Å². The predicted octanol–water partition coefficient (Wildman–Crippen LogP) is 1.07. The van der Waals surface area contributed by atoms with E-state index in [1.54, 1.807) is 9.80 Å². The van der Waals surface area contributed by atoms with Crippen molar-refractivity contribution in [3.8, 4) is 6.19 Å². The van der Waals surface area contributed by atoms with Crippen LogP contribution in [0.3, 0.4) is 0 Å². The molecule has 0 bridgehead atoms. The lowest BCUT2D eigenvalue weighted by Gasteiger charge is -2.30. The Labute approximate surface area is 176 Å². The Kier molecular flexibility index (Phi) is 7.63. The summed E-state index contributed by atoms with van der Waals surface area (Å²) in [5.41, 5.74) is 1.84. The Morgan fingerprint density at radius 2 is 2.10 bits per heavy atom. The minimum absolute atomic E-state index is 0.0528. The van der Waals surface area contributed by atoms with E-state index in [2.05, 4.69) is 15.6 Å². The van der Waals surface area contributed by atoms with Gasteiger partial charge in [0, 0.05) is 25.3 Å². The molecule has 2 aliphatic rings. The summed E-state index contributed by atoms with van der Waals surface area (Å²) in [6, 6.07) is 7.02. The van der Waals surface area contributed by atoms with Crippen LogP contribution in [0, 0.1) is 18.4 Å². The van der Waals surface area contributed by atoms with Crippen molar-refractivity contribution in [1.82, 2.24) is 15.1 Å². The maximum atomic E-state index is 13.1. The van der Waals surface area contributed by atoms with Gasteiger partial charge in [-0.3, -0.25) is 14.9 Å². The Morgan fingerprint density at radius 1 is 1.30 bits per heavy atom. The highest BCUT2D eigenvalue weighted by Gasteiger charge is 2.30. The molecule has 30 heavy (non-hydrogen) atoms. The van der Waals surface area contributed by atoms with Crippen LogP contribution in [0.1, 0.15) is 24.8 Å². The van der Waals surface area contributed by atoms with Gasteiger partial charge in [-0.15, -0.1) is 0 Å². The fraction of sp³-hybridized carbons (Fsp3) is 0.524. The molecule has 1 atom stereocenters. The van der Waals surface area contributed by atoms with Crippen molar-refractivity contribution in [3.63, 3.8) is 0 Å². The summed E-state index contributed by atoms with van der Waals surface area (Å²) < 4.78 is 5.29. The molecule has 9 nitrogen and oxygen atoms in total. The van der Waals surface area contributed by atoms with Gasteiger partial charge in [-0.2, -0.15) is 5.26 Å². The highest BCUT2D eigenvalue weighted by atomic mass is 16.5. The zero-order valence-electron chi connectivity index (χ0n) is 17.3. The molecule has 0 spiro atoms. The lowest BCUT2D eigenvalue weighted by Crippen LogP contribution is -2.48. The van der Waals surface area contributed by atoms with Crippen molar-refractivity contribution in [2.24, 2.45) is 4.99 Å². The number of carbonyl (C=O) groups is 2. The highest BCUT2D eigenvalue weighted by Crippen LogP contribution is 2.16. The number of aryl methyl sites for hydroxylation is 1. The van der Waals surface area contributed by atoms with E-state index in [9.17, 15) is 9.59 Å². The Balaban J connectivity index is 1.71. The lowest BCUT2D eigenvalue weighted by atomic mass is 10.1. The number of ether oxygens (including phenoxy) is 1. The van der Waals surface area contributed by atoms with Gasteiger partial charge in [0.05, 0.1) is 19.8 Å². The number of aliphatic imine (C=N–C) groups is 1. The van der Waals surface area contributed by atoms with Crippen molar-refractivity contribution >= 4 is 23.5 Å². The number of nitrogens with one attached hydrogen (secondary N) is 2. The number of benzene rings is 1. The summed E-state index contributed by atoms with van der Waals surface area (Å²) in [4.78, 5) is 33.5. The molecule has 2 aliphatic heterocycles. The monoisotopic (exact) mass is 412 g/mol. The first-order valence-electron chi connectivity index (χ1n) is 10.3. The third kappa shape index (κ3) is 5.94. The molecule has 1 aromatic rings. The number of guanidine groups is 1. The SMILES string of the molecule is Cc1cccc(NC(=NC2CCCCN(CC(=O)N3CCOCC3)C2=O)NC#N)c1. The normalized spacial score (nSPS) is 20.3. The average molecular weight is 412 g/mol. The maximum absolute atomic E-state index is 13.1. The van der Waals surface area contributed by atoms with Crippen LogP contribution in [-0.4, -0.2) is 73.0 Å². The summed E-state index contributed by atoms with van der Waals surface area (Å²) in [7, 11) is 0. The van der Waals surface area contributed by atoms with E-state index in [4.69, 9.17) is 10.00 Å². The topological polar surface area (TPSA) is 110 Å². The molecule has 0 saturated carbocycles. The second-order valence-corrected chi connectivity index (χ2v) is 7.47. The van der Waals surface area contributed by atoms with E-state index in [1.807, 2.05) is 37.4 Å². The molecular weight excluding hydrogens is 384 g/mol. The molecule has 1 unspecified atom stereocenters. The van der Waals surface area contributed by atoms with Gasteiger partial charge in [-0.05, 0) is 43.9 Å². The van der Waals surface area contributed by atoms with Gasteiger partial charge in [0.25, 0.3) is 0 Å². The number of hydrogen-bond acceptors (Lipinski definition) is 5. The Bertz CT molecular complexity index is 828. The number of nitriles is 1. The number of morpholine rings is 1. The lowest BCUT2D eigenvalue weighted by molar-refractivity contribution is -0.143. The first kappa shape index (κ1) is 21.6. The number of rotatable bonds is 4. The smallest absolute Gasteiger partial charge is 0.247 e. The van der Waals surface area contributed by atoms with E-state index in [0.29, 0.717) is 39.3 Å². The van der Waals surface area contributed by atoms with Crippen LogP contribution < -0.4 is 10.6 Å². The van der Waals surface area contributed by atoms with E-state index >= 15 is 0 Å². The summed E-state index contributed by atoms with van der Waals surface area (Å²) >= 11 is 0. The van der Waals surface area contributed by atoms with Crippen molar-refractivity contribution in [3.05, 3.63) is 29.8 Å². The first-order chi connectivity index (χ1) is 14.6. The van der Waals surface area contributed by atoms with Crippen molar-refractivity contribution in [1.29, 1.82) is 5.26 Å². The van der Waals surface area contributed by atoms with E-state index in [1.165, 1.54) is 0 Å². The summed E-state index contributed by atoms with van der Waals surface area (Å²) in [6.07, 6.45) is 4.09. The first-order valence-corrected chi connectivity index (χ1v) is 10.3. The standard InChI is InChI=1S/C21H28N6O3/c1-16-5-4-6-17(13-16)24-21(23-15-22)25-18-7-2-3-8-27(20(18)29)14-19(28)26-9-11-30-12-10-26/h4-6,13,18H,2-3,7-12,14H2,1H3,(H2,23,24,25). The van der Waals surface area contributed by atoms with Crippen LogP contribution in [0.5, 0.6) is 0 Å². The Morgan fingerprint density at radius 3 is 2.83 bits per heavy atom. The van der Waals surface area contributed by atoms with E-state index in [0.717, 1.165) is 24.1 Å². The number of likely N-dealkylation sites (tertiary alicyclic amines) is 1. The summed E-state index contributed by atoms with van der Waals surface area (Å²) in [5.74, 6) is -0.0234. The maximum Gasteiger partial charge on any atom is 0.247 e. The molecule has 2 fully saturated rings. The largest absolute Gasteiger partial charge is 0.378 e. The minimum atomic E-state index is -0.641. The minimum Gasteiger partial charge on any atom is -0.378 e. The van der Waals surface area contributed by atoms with Gasteiger partial charge in [-0.25, -0.2) is 4.99 Å². The number of carbonyl (C=O) groups excluding carboxylic acids is 2. The van der Waals surface area contributed by atoms with Crippen LogP contribution in [0.4, 0.5) is 5.69 Å². The molecule has 2 saturated heterocycles. The fourth-order valence-electron chi connectivity index (χ4n) is 3.60. The quantitative estimate of drug-likeness (QED) is 0.331. The van der Waals surface area contributed by atoms with E-state index in [-0.39, 0.29) is 24.3 Å². The third-order valence-electron chi connectivity index (χ3n) is 5.18. The fourth-order valence-corrected chi connectivity index (χ4v) is 3.60. The molecule has 1 aromatic carbocycles. The molecular formula is C21H28N6O3. The van der Waals surface area contributed by atoms with Crippen LogP contribution in [-0.2, 0) is 14.3 Å². The zero-order valence-corrected chi connectivity index (χ0v) is 17.3. The number of hydrogen-bond donors (Lipinski definition) is 2. The number of amides is 2. The van der Waals surface area contributed by atoms with Crippen LogP contribution in [0.15, 0.2) is 29.3 Å². The van der Waals surface area contributed by atoms with Crippen LogP contribution in [0.2, 0.25) is 0 Å². The van der Waals surface area contributed by atoms with Crippen molar-refractivity contribution in [2.45, 2.75) is 32.2 Å². The highest BCUT2D eigenvalue weighted by molar-refractivity contribution is 5.97. The summed E-state index contributed by atoms with van der Waals surface area (Å²) in [6.45, 7) is 4.72. The van der Waals surface area contributed by atoms with Gasteiger partial charge in [0.15, 0.2) is 6.19 Å². The average Bonchev–Trinajstić information content (AvgIpc) is 2.91. The van der Waals surface area contributed by atoms with Gasteiger partial charge in [0.2, 0.25) is 17.8 Å². The van der Waals surface area contributed by atoms with Gasteiger partial charge in [0.1, 0.15) is 6.04 Å². The third-order valence-corrected chi connectivity index (χ3v) is 5.18. The summed E-state index contributed by atoms with van der Waals surface area (Å²) in [5, 5.41) is 14.7. The molecule has 0 radical (unpaired) electrons. The molecule has 9 heteroatoms.